The summed E-state index contributed by atoms with van der Waals surface area (Å²) in [7, 11) is 0. The third-order valence-electron chi connectivity index (χ3n) is 3.17. The molecular formula is C15H13BrN2O2S. The summed E-state index contributed by atoms with van der Waals surface area (Å²) in [4.78, 5) is 0.371. The van der Waals surface area contributed by atoms with Crippen molar-refractivity contribution >= 4 is 38.8 Å². The van der Waals surface area contributed by atoms with Gasteiger partial charge < -0.3 is 20.5 Å². The Morgan fingerprint density at radius 2 is 2.00 bits per heavy atom. The first-order valence-electron chi connectivity index (χ1n) is 6.35. The average Bonchev–Trinajstić information content (AvgIpc) is 2.92. The fourth-order valence-corrected chi connectivity index (χ4v) is 2.66. The number of hydrogen-bond donors (Lipinski definition) is 2. The van der Waals surface area contributed by atoms with Crippen molar-refractivity contribution in [2.75, 3.05) is 12.1 Å². The van der Waals surface area contributed by atoms with Crippen molar-refractivity contribution in [3.05, 3.63) is 52.0 Å². The number of hydrogen-bond acceptors (Lipinski definition) is 4. The van der Waals surface area contributed by atoms with E-state index in [1.165, 1.54) is 0 Å². The second-order valence-electron chi connectivity index (χ2n) is 4.60. The molecular weight excluding hydrogens is 352 g/mol. The molecule has 6 heteroatoms. The highest BCUT2D eigenvalue weighted by Crippen LogP contribution is 2.32. The molecule has 0 bridgehead atoms. The lowest BCUT2D eigenvalue weighted by Gasteiger charge is -2.12. The molecule has 0 fully saturated rings. The Hall–Kier alpha value is -1.79. The number of ether oxygens (including phenoxy) is 2. The Morgan fingerprint density at radius 1 is 1.19 bits per heavy atom. The fraction of sp³-hybridized carbons (Fsp3) is 0.133. The molecule has 0 aromatic heterocycles. The average molecular weight is 365 g/mol. The third-order valence-corrected chi connectivity index (χ3v) is 3.88. The molecule has 0 saturated carbocycles. The van der Waals surface area contributed by atoms with Gasteiger partial charge in [0.05, 0.1) is 0 Å². The molecule has 0 unspecified atom stereocenters. The Morgan fingerprint density at radius 3 is 2.81 bits per heavy atom. The Kier molecular flexibility index (Phi) is 3.98. The minimum Gasteiger partial charge on any atom is -0.454 e. The first-order valence-corrected chi connectivity index (χ1v) is 7.55. The van der Waals surface area contributed by atoms with Crippen LogP contribution in [0, 0.1) is 0 Å². The third kappa shape index (κ3) is 3.11. The van der Waals surface area contributed by atoms with Gasteiger partial charge in [0, 0.05) is 22.3 Å². The zero-order valence-electron chi connectivity index (χ0n) is 11.1. The van der Waals surface area contributed by atoms with Crippen LogP contribution in [0.4, 0.5) is 5.69 Å². The normalized spacial score (nSPS) is 12.2. The Bertz CT molecular complexity index is 706. The van der Waals surface area contributed by atoms with Crippen molar-refractivity contribution < 1.29 is 9.47 Å². The molecule has 3 N–H and O–H groups in total. The lowest BCUT2D eigenvalue weighted by molar-refractivity contribution is 0.174. The number of nitrogens with one attached hydrogen (secondary N) is 1. The smallest absolute Gasteiger partial charge is 0.231 e. The van der Waals surface area contributed by atoms with E-state index in [4.69, 9.17) is 27.4 Å². The SMILES string of the molecule is NC(=S)c1ccc(Br)cc1NCc1ccc2c(c1)OCO2. The van der Waals surface area contributed by atoms with E-state index in [1.807, 2.05) is 36.4 Å². The van der Waals surface area contributed by atoms with Crippen molar-refractivity contribution in [2.24, 2.45) is 5.73 Å². The highest BCUT2D eigenvalue weighted by atomic mass is 79.9. The van der Waals surface area contributed by atoms with E-state index < -0.39 is 0 Å². The van der Waals surface area contributed by atoms with Crippen LogP contribution in [0.3, 0.4) is 0 Å². The molecule has 21 heavy (non-hydrogen) atoms. The largest absolute Gasteiger partial charge is 0.454 e. The fourth-order valence-electron chi connectivity index (χ4n) is 2.13. The van der Waals surface area contributed by atoms with Crippen LogP contribution >= 0.6 is 28.1 Å². The highest BCUT2D eigenvalue weighted by molar-refractivity contribution is 9.10. The van der Waals surface area contributed by atoms with E-state index in [1.54, 1.807) is 0 Å². The topological polar surface area (TPSA) is 56.5 Å². The summed E-state index contributed by atoms with van der Waals surface area (Å²) in [5.41, 5.74) is 8.56. The molecule has 3 rings (SSSR count). The predicted molar refractivity (Wildman–Crippen MR) is 89.9 cm³/mol. The van der Waals surface area contributed by atoms with Gasteiger partial charge in [-0.05, 0) is 35.9 Å². The first-order chi connectivity index (χ1) is 10.1. The summed E-state index contributed by atoms with van der Waals surface area (Å²) in [6.07, 6.45) is 0. The standard InChI is InChI=1S/C15H13BrN2O2S/c16-10-2-3-11(15(17)21)12(6-10)18-7-9-1-4-13-14(5-9)20-8-19-13/h1-6,18H,7-8H2,(H2,17,21). The summed E-state index contributed by atoms with van der Waals surface area (Å²) in [5.74, 6) is 1.56. The zero-order chi connectivity index (χ0) is 14.8. The van der Waals surface area contributed by atoms with E-state index in [0.717, 1.165) is 32.8 Å². The van der Waals surface area contributed by atoms with Gasteiger partial charge in [-0.25, -0.2) is 0 Å². The van der Waals surface area contributed by atoms with Gasteiger partial charge in [-0.2, -0.15) is 0 Å². The summed E-state index contributed by atoms with van der Waals surface area (Å²) in [6.45, 7) is 0.923. The molecule has 0 saturated heterocycles. The van der Waals surface area contributed by atoms with E-state index in [0.29, 0.717) is 11.5 Å². The molecule has 0 spiro atoms. The van der Waals surface area contributed by atoms with Gasteiger partial charge in [0.15, 0.2) is 11.5 Å². The summed E-state index contributed by atoms with van der Waals surface area (Å²) in [5, 5.41) is 3.35. The van der Waals surface area contributed by atoms with Crippen molar-refractivity contribution in [3.63, 3.8) is 0 Å². The number of fused-ring (bicyclic) bond motifs is 1. The molecule has 0 radical (unpaired) electrons. The van der Waals surface area contributed by atoms with Crippen LogP contribution in [0.1, 0.15) is 11.1 Å². The van der Waals surface area contributed by atoms with Crippen LogP contribution in [-0.2, 0) is 6.54 Å². The molecule has 1 heterocycles. The van der Waals surface area contributed by atoms with E-state index >= 15 is 0 Å². The van der Waals surface area contributed by atoms with Crippen LogP contribution in [0.5, 0.6) is 11.5 Å². The Balaban J connectivity index is 1.78. The quantitative estimate of drug-likeness (QED) is 0.814. The number of halogens is 1. The van der Waals surface area contributed by atoms with Gasteiger partial charge in [0.2, 0.25) is 6.79 Å². The minimum absolute atomic E-state index is 0.281. The predicted octanol–water partition coefficient (Wildman–Crippen LogP) is 3.42. The van der Waals surface area contributed by atoms with Crippen molar-refractivity contribution in [1.29, 1.82) is 0 Å². The lowest BCUT2D eigenvalue weighted by atomic mass is 10.1. The second-order valence-corrected chi connectivity index (χ2v) is 5.95. The molecule has 2 aromatic rings. The van der Waals surface area contributed by atoms with Gasteiger partial charge in [0.1, 0.15) is 4.99 Å². The van der Waals surface area contributed by atoms with Gasteiger partial charge >= 0.3 is 0 Å². The lowest BCUT2D eigenvalue weighted by Crippen LogP contribution is -2.13. The molecule has 1 aliphatic heterocycles. The highest BCUT2D eigenvalue weighted by Gasteiger charge is 2.13. The van der Waals surface area contributed by atoms with Gasteiger partial charge in [-0.3, -0.25) is 0 Å². The molecule has 108 valence electrons. The van der Waals surface area contributed by atoms with Gasteiger partial charge in [0.25, 0.3) is 0 Å². The number of nitrogens with two attached hydrogens (primary N) is 1. The van der Waals surface area contributed by atoms with Crippen LogP contribution < -0.4 is 20.5 Å². The molecule has 0 aliphatic carbocycles. The number of anilines is 1. The molecule has 4 nitrogen and oxygen atoms in total. The van der Waals surface area contributed by atoms with Crippen molar-refractivity contribution in [3.8, 4) is 11.5 Å². The first kappa shape index (κ1) is 14.2. The molecule has 1 aliphatic rings. The molecule has 2 aromatic carbocycles. The van der Waals surface area contributed by atoms with Crippen LogP contribution in [0.15, 0.2) is 40.9 Å². The number of thiocarbonyl (C=S) groups is 1. The molecule has 0 atom stereocenters. The zero-order valence-corrected chi connectivity index (χ0v) is 13.5. The van der Waals surface area contributed by atoms with E-state index in [-0.39, 0.29) is 6.79 Å². The monoisotopic (exact) mass is 364 g/mol. The maximum atomic E-state index is 5.75. The van der Waals surface area contributed by atoms with Crippen molar-refractivity contribution in [1.82, 2.24) is 0 Å². The van der Waals surface area contributed by atoms with Gasteiger partial charge in [-0.15, -0.1) is 0 Å². The summed E-state index contributed by atoms with van der Waals surface area (Å²) >= 11 is 8.53. The maximum absolute atomic E-state index is 5.75. The van der Waals surface area contributed by atoms with Crippen LogP contribution in [0.25, 0.3) is 0 Å². The van der Waals surface area contributed by atoms with Gasteiger partial charge in [-0.1, -0.05) is 34.2 Å². The second kappa shape index (κ2) is 5.91. The Labute approximate surface area is 136 Å². The summed E-state index contributed by atoms with van der Waals surface area (Å²) < 4.78 is 11.6. The summed E-state index contributed by atoms with van der Waals surface area (Å²) in [6, 6.07) is 11.7. The van der Waals surface area contributed by atoms with Crippen LogP contribution in [0.2, 0.25) is 0 Å². The maximum Gasteiger partial charge on any atom is 0.231 e. The van der Waals surface area contributed by atoms with E-state index in [2.05, 4.69) is 21.2 Å². The molecule has 0 amide bonds. The number of benzene rings is 2. The number of rotatable bonds is 4. The minimum atomic E-state index is 0.281. The van der Waals surface area contributed by atoms with E-state index in [9.17, 15) is 0 Å². The van der Waals surface area contributed by atoms with Crippen LogP contribution in [-0.4, -0.2) is 11.8 Å². The van der Waals surface area contributed by atoms with Crippen molar-refractivity contribution in [2.45, 2.75) is 6.54 Å².